The van der Waals surface area contributed by atoms with E-state index >= 15 is 0 Å². The molecule has 0 aliphatic carbocycles. The molecule has 0 fully saturated rings. The second kappa shape index (κ2) is 8.52. The summed E-state index contributed by atoms with van der Waals surface area (Å²) in [5.41, 5.74) is 2.26. The summed E-state index contributed by atoms with van der Waals surface area (Å²) in [6.45, 7) is -0.160. The maximum Gasteiger partial charge on any atom is 0.262 e. The standard InChI is InChI=1S/C22H19N3O5/c1-27-15-6-8-16(9-7-15)29-13-20(26)24-17-12-14(5-10-18(17)28-2)22-25-21-19(30-22)4-3-11-23-21/h3-12H,13H2,1-2H3,(H,24,26). The van der Waals surface area contributed by atoms with Crippen LogP contribution in [0.5, 0.6) is 17.2 Å². The molecule has 0 spiro atoms. The van der Waals surface area contributed by atoms with Gasteiger partial charge in [0.25, 0.3) is 5.91 Å². The molecular weight excluding hydrogens is 386 g/mol. The van der Waals surface area contributed by atoms with Gasteiger partial charge in [0.15, 0.2) is 17.8 Å². The van der Waals surface area contributed by atoms with Crippen LogP contribution < -0.4 is 19.5 Å². The molecule has 2 aromatic heterocycles. The van der Waals surface area contributed by atoms with Crippen molar-refractivity contribution >= 4 is 22.8 Å². The Labute approximate surface area is 172 Å². The maximum atomic E-state index is 12.4. The monoisotopic (exact) mass is 405 g/mol. The Morgan fingerprint density at radius 3 is 2.57 bits per heavy atom. The van der Waals surface area contributed by atoms with Crippen LogP contribution in [0.25, 0.3) is 22.7 Å². The van der Waals surface area contributed by atoms with Crippen LogP contribution in [0.4, 0.5) is 5.69 Å². The van der Waals surface area contributed by atoms with Crippen LogP contribution in [-0.4, -0.2) is 36.7 Å². The van der Waals surface area contributed by atoms with Crippen LogP contribution in [0.15, 0.2) is 65.2 Å². The predicted octanol–water partition coefficient (Wildman–Crippen LogP) is 3.92. The first-order chi connectivity index (χ1) is 14.7. The first-order valence-corrected chi connectivity index (χ1v) is 9.13. The Kier molecular flexibility index (Phi) is 5.47. The van der Waals surface area contributed by atoms with Crippen molar-refractivity contribution in [1.29, 1.82) is 0 Å². The van der Waals surface area contributed by atoms with Gasteiger partial charge in [-0.15, -0.1) is 0 Å². The molecule has 0 bridgehead atoms. The molecule has 0 atom stereocenters. The number of hydrogen-bond donors (Lipinski definition) is 1. The van der Waals surface area contributed by atoms with Crippen molar-refractivity contribution in [3.63, 3.8) is 0 Å². The molecule has 0 aliphatic rings. The SMILES string of the molecule is COc1ccc(OCC(=O)Nc2cc(-c3nc4ncccc4o3)ccc2OC)cc1. The van der Waals surface area contributed by atoms with E-state index in [9.17, 15) is 4.79 Å². The van der Waals surface area contributed by atoms with Crippen molar-refractivity contribution in [2.45, 2.75) is 0 Å². The highest BCUT2D eigenvalue weighted by atomic mass is 16.5. The number of rotatable bonds is 7. The summed E-state index contributed by atoms with van der Waals surface area (Å²) in [6, 6.07) is 15.8. The highest BCUT2D eigenvalue weighted by Gasteiger charge is 2.14. The molecule has 4 aromatic rings. The zero-order chi connectivity index (χ0) is 20.9. The molecule has 8 heteroatoms. The van der Waals surface area contributed by atoms with Gasteiger partial charge in [-0.2, -0.15) is 4.98 Å². The number of carbonyl (C=O) groups excluding carboxylic acids is 1. The van der Waals surface area contributed by atoms with E-state index in [-0.39, 0.29) is 12.5 Å². The van der Waals surface area contributed by atoms with Gasteiger partial charge in [0.05, 0.1) is 19.9 Å². The number of ether oxygens (including phenoxy) is 3. The number of nitrogens with zero attached hydrogens (tertiary/aromatic N) is 2. The Morgan fingerprint density at radius 2 is 1.83 bits per heavy atom. The second-order valence-corrected chi connectivity index (χ2v) is 6.27. The average molecular weight is 405 g/mol. The number of fused-ring (bicyclic) bond motifs is 1. The molecule has 152 valence electrons. The first-order valence-electron chi connectivity index (χ1n) is 9.13. The van der Waals surface area contributed by atoms with E-state index in [4.69, 9.17) is 18.6 Å². The zero-order valence-electron chi connectivity index (χ0n) is 16.4. The van der Waals surface area contributed by atoms with Crippen LogP contribution in [0.1, 0.15) is 0 Å². The van der Waals surface area contributed by atoms with E-state index in [1.54, 1.807) is 67.9 Å². The van der Waals surface area contributed by atoms with E-state index in [0.717, 1.165) is 0 Å². The Bertz CT molecular complexity index is 1140. The lowest BCUT2D eigenvalue weighted by Gasteiger charge is -2.12. The van der Waals surface area contributed by atoms with Crippen molar-refractivity contribution in [2.24, 2.45) is 0 Å². The van der Waals surface area contributed by atoms with Crippen molar-refractivity contribution in [3.8, 4) is 28.7 Å². The molecule has 0 saturated heterocycles. The van der Waals surface area contributed by atoms with Gasteiger partial charge >= 0.3 is 0 Å². The van der Waals surface area contributed by atoms with Crippen LogP contribution >= 0.6 is 0 Å². The Morgan fingerprint density at radius 1 is 1.03 bits per heavy atom. The molecule has 1 amide bonds. The molecule has 0 radical (unpaired) electrons. The van der Waals surface area contributed by atoms with Gasteiger partial charge in [0.1, 0.15) is 17.2 Å². The van der Waals surface area contributed by atoms with Gasteiger partial charge in [-0.1, -0.05) is 0 Å². The smallest absolute Gasteiger partial charge is 0.262 e. The van der Waals surface area contributed by atoms with E-state index in [0.29, 0.717) is 45.6 Å². The van der Waals surface area contributed by atoms with Gasteiger partial charge in [-0.3, -0.25) is 4.79 Å². The maximum absolute atomic E-state index is 12.4. The van der Waals surface area contributed by atoms with E-state index in [1.807, 2.05) is 0 Å². The zero-order valence-corrected chi connectivity index (χ0v) is 16.4. The minimum atomic E-state index is -0.333. The summed E-state index contributed by atoms with van der Waals surface area (Å²) in [6.07, 6.45) is 1.65. The molecule has 0 unspecified atom stereocenters. The average Bonchev–Trinajstić information content (AvgIpc) is 3.22. The number of anilines is 1. The number of oxazole rings is 1. The molecule has 0 aliphatic heterocycles. The Balaban J connectivity index is 1.49. The molecule has 1 N–H and O–H groups in total. The summed E-state index contributed by atoms with van der Waals surface area (Å²) >= 11 is 0. The predicted molar refractivity (Wildman–Crippen MR) is 111 cm³/mol. The van der Waals surface area contributed by atoms with Crippen molar-refractivity contribution < 1.29 is 23.4 Å². The lowest BCUT2D eigenvalue weighted by atomic mass is 10.2. The van der Waals surface area contributed by atoms with E-state index in [2.05, 4.69) is 15.3 Å². The highest BCUT2D eigenvalue weighted by Crippen LogP contribution is 2.31. The van der Waals surface area contributed by atoms with Crippen molar-refractivity contribution in [3.05, 3.63) is 60.8 Å². The van der Waals surface area contributed by atoms with Crippen LogP contribution in [0, 0.1) is 0 Å². The van der Waals surface area contributed by atoms with Gasteiger partial charge in [-0.25, -0.2) is 4.98 Å². The van der Waals surface area contributed by atoms with Gasteiger partial charge < -0.3 is 23.9 Å². The van der Waals surface area contributed by atoms with Gasteiger partial charge in [0.2, 0.25) is 5.89 Å². The third-order valence-corrected chi connectivity index (χ3v) is 4.31. The van der Waals surface area contributed by atoms with Crippen molar-refractivity contribution in [2.75, 3.05) is 26.1 Å². The number of methoxy groups -OCH3 is 2. The second-order valence-electron chi connectivity index (χ2n) is 6.27. The normalized spacial score (nSPS) is 10.6. The number of carbonyl (C=O) groups is 1. The highest BCUT2D eigenvalue weighted by molar-refractivity contribution is 5.94. The molecule has 2 heterocycles. The number of amides is 1. The summed E-state index contributed by atoms with van der Waals surface area (Å²) in [5.74, 6) is 1.84. The van der Waals surface area contributed by atoms with Gasteiger partial charge in [-0.05, 0) is 54.6 Å². The fourth-order valence-electron chi connectivity index (χ4n) is 2.84. The molecule has 2 aromatic carbocycles. The molecule has 4 rings (SSSR count). The van der Waals surface area contributed by atoms with E-state index < -0.39 is 0 Å². The lowest BCUT2D eigenvalue weighted by Crippen LogP contribution is -2.20. The topological polar surface area (TPSA) is 95.7 Å². The van der Waals surface area contributed by atoms with Crippen LogP contribution in [-0.2, 0) is 4.79 Å². The lowest BCUT2D eigenvalue weighted by molar-refractivity contribution is -0.118. The fourth-order valence-corrected chi connectivity index (χ4v) is 2.84. The first kappa shape index (κ1) is 19.3. The number of hydrogen-bond acceptors (Lipinski definition) is 7. The minimum Gasteiger partial charge on any atom is -0.497 e. The number of aromatic nitrogens is 2. The quantitative estimate of drug-likeness (QED) is 0.498. The fraction of sp³-hybridized carbons (Fsp3) is 0.136. The van der Waals surface area contributed by atoms with Crippen molar-refractivity contribution in [1.82, 2.24) is 9.97 Å². The third kappa shape index (κ3) is 4.17. The molecular formula is C22H19N3O5. The molecule has 8 nitrogen and oxygen atoms in total. The summed E-state index contributed by atoms with van der Waals surface area (Å²) < 4.78 is 21.7. The number of benzene rings is 2. The van der Waals surface area contributed by atoms with Crippen LogP contribution in [0.3, 0.4) is 0 Å². The minimum absolute atomic E-state index is 0.160. The van der Waals surface area contributed by atoms with Gasteiger partial charge in [0, 0.05) is 11.8 Å². The molecule has 30 heavy (non-hydrogen) atoms. The largest absolute Gasteiger partial charge is 0.497 e. The Hall–Kier alpha value is -4.07. The molecule has 0 saturated carbocycles. The van der Waals surface area contributed by atoms with Crippen LogP contribution in [0.2, 0.25) is 0 Å². The summed E-state index contributed by atoms with van der Waals surface area (Å²) in [7, 11) is 3.12. The summed E-state index contributed by atoms with van der Waals surface area (Å²) in [5, 5.41) is 2.80. The third-order valence-electron chi connectivity index (χ3n) is 4.31. The summed E-state index contributed by atoms with van der Waals surface area (Å²) in [4.78, 5) is 21.0. The van der Waals surface area contributed by atoms with E-state index in [1.165, 1.54) is 7.11 Å². The number of pyridine rings is 1. The number of nitrogens with one attached hydrogen (secondary N) is 1.